The van der Waals surface area contributed by atoms with Gasteiger partial charge in [-0.15, -0.1) is 0 Å². The van der Waals surface area contributed by atoms with E-state index in [4.69, 9.17) is 9.47 Å². The predicted molar refractivity (Wildman–Crippen MR) is 120 cm³/mol. The summed E-state index contributed by atoms with van der Waals surface area (Å²) in [7, 11) is 0. The smallest absolute Gasteiger partial charge is 0.347 e. The third-order valence-corrected chi connectivity index (χ3v) is 5.55. The summed E-state index contributed by atoms with van der Waals surface area (Å²) in [4.78, 5) is 49.7. The largest absolute Gasteiger partial charge is 0.386 e. The molecule has 0 aromatic heterocycles. The maximum atomic E-state index is 12.5. The van der Waals surface area contributed by atoms with E-state index in [9.17, 15) is 19.2 Å². The second-order valence-corrected chi connectivity index (χ2v) is 7.66. The van der Waals surface area contributed by atoms with Crippen molar-refractivity contribution in [2.45, 2.75) is 6.92 Å². The molecule has 3 aromatic rings. The van der Waals surface area contributed by atoms with E-state index in [1.165, 1.54) is 0 Å². The Balaban J connectivity index is 1.61. The minimum atomic E-state index is -0.735. The average molecular weight is 436 g/mol. The lowest BCUT2D eigenvalue weighted by Gasteiger charge is -2.07. The molecule has 0 N–H and O–H groups in total. The Morgan fingerprint density at radius 1 is 0.424 bits per heavy atom. The molecule has 3 aromatic carbocycles. The fraction of sp³-hybridized carbons (Fsp3) is 0.0370. The van der Waals surface area contributed by atoms with E-state index in [0.29, 0.717) is 22.3 Å². The Morgan fingerprint density at radius 3 is 1.09 bits per heavy atom. The standard InChI is InChI=1S/C27H16O6/c1-15-7-9-17(10-8-15)21-23(27(31)33-25(21)29)19-13-11-18(12-14-19)22-20(24(28)32-26(22)30)16-5-3-2-4-6-16/h2-14H,1H3. The molecular weight excluding hydrogens is 420 g/mol. The lowest BCUT2D eigenvalue weighted by molar-refractivity contribution is -0.151. The van der Waals surface area contributed by atoms with Crippen molar-refractivity contribution in [1.82, 2.24) is 0 Å². The molecule has 5 rings (SSSR count). The van der Waals surface area contributed by atoms with Crippen LogP contribution in [0.1, 0.15) is 27.8 Å². The van der Waals surface area contributed by atoms with Gasteiger partial charge < -0.3 is 9.47 Å². The van der Waals surface area contributed by atoms with Gasteiger partial charge >= 0.3 is 23.9 Å². The number of hydrogen-bond donors (Lipinski definition) is 0. The first-order valence-corrected chi connectivity index (χ1v) is 10.2. The van der Waals surface area contributed by atoms with Crippen LogP contribution in [0.25, 0.3) is 22.3 Å². The number of benzene rings is 3. The number of carbonyl (C=O) groups excluding carboxylic acids is 4. The molecule has 2 aliphatic rings. The molecular formula is C27H16O6. The number of rotatable bonds is 4. The molecule has 0 aliphatic carbocycles. The maximum absolute atomic E-state index is 12.5. The minimum Gasteiger partial charge on any atom is -0.386 e. The van der Waals surface area contributed by atoms with Gasteiger partial charge in [-0.3, -0.25) is 0 Å². The lowest BCUT2D eigenvalue weighted by atomic mass is 9.92. The van der Waals surface area contributed by atoms with Crippen LogP contribution in [0.3, 0.4) is 0 Å². The van der Waals surface area contributed by atoms with Crippen molar-refractivity contribution in [3.63, 3.8) is 0 Å². The molecule has 0 unspecified atom stereocenters. The van der Waals surface area contributed by atoms with Crippen LogP contribution in [0.4, 0.5) is 0 Å². The molecule has 2 aliphatic heterocycles. The average Bonchev–Trinajstić information content (AvgIpc) is 3.28. The van der Waals surface area contributed by atoms with E-state index < -0.39 is 23.9 Å². The van der Waals surface area contributed by atoms with E-state index in [-0.39, 0.29) is 22.3 Å². The van der Waals surface area contributed by atoms with Gasteiger partial charge in [0.1, 0.15) is 0 Å². The van der Waals surface area contributed by atoms with Gasteiger partial charge in [-0.2, -0.15) is 0 Å². The van der Waals surface area contributed by atoms with Crippen LogP contribution in [0, 0.1) is 6.92 Å². The van der Waals surface area contributed by atoms with Crippen molar-refractivity contribution in [2.24, 2.45) is 0 Å². The molecule has 0 saturated carbocycles. The van der Waals surface area contributed by atoms with Gasteiger partial charge in [0.2, 0.25) is 0 Å². The Hall–Kier alpha value is -4.58. The molecule has 0 saturated heterocycles. The van der Waals surface area contributed by atoms with Crippen molar-refractivity contribution >= 4 is 46.2 Å². The van der Waals surface area contributed by atoms with Crippen molar-refractivity contribution in [1.29, 1.82) is 0 Å². The van der Waals surface area contributed by atoms with Crippen LogP contribution >= 0.6 is 0 Å². The summed E-state index contributed by atoms with van der Waals surface area (Å²) in [5.41, 5.74) is 3.76. The van der Waals surface area contributed by atoms with Gasteiger partial charge in [0.15, 0.2) is 0 Å². The summed E-state index contributed by atoms with van der Waals surface area (Å²) in [6.45, 7) is 1.92. The Bertz CT molecular complexity index is 1390. The summed E-state index contributed by atoms with van der Waals surface area (Å²) in [5, 5.41) is 0. The number of aryl methyl sites for hydroxylation is 1. The summed E-state index contributed by atoms with van der Waals surface area (Å²) in [5.74, 6) is -2.88. The highest BCUT2D eigenvalue weighted by atomic mass is 16.6. The molecule has 2 heterocycles. The summed E-state index contributed by atoms with van der Waals surface area (Å²) < 4.78 is 9.74. The number of carbonyl (C=O) groups is 4. The van der Waals surface area contributed by atoms with E-state index in [1.807, 2.05) is 25.1 Å². The summed E-state index contributed by atoms with van der Waals surface area (Å²) in [6.07, 6.45) is 0. The fourth-order valence-corrected chi connectivity index (χ4v) is 3.96. The quantitative estimate of drug-likeness (QED) is 0.454. The molecule has 0 atom stereocenters. The Kier molecular flexibility index (Phi) is 4.83. The van der Waals surface area contributed by atoms with Crippen LogP contribution in [0.5, 0.6) is 0 Å². The van der Waals surface area contributed by atoms with Gasteiger partial charge in [0.05, 0.1) is 22.3 Å². The van der Waals surface area contributed by atoms with Gasteiger partial charge in [0.25, 0.3) is 0 Å². The van der Waals surface area contributed by atoms with E-state index >= 15 is 0 Å². The second kappa shape index (κ2) is 7.84. The highest BCUT2D eigenvalue weighted by Crippen LogP contribution is 2.37. The molecule has 0 radical (unpaired) electrons. The van der Waals surface area contributed by atoms with Crippen molar-refractivity contribution in [2.75, 3.05) is 0 Å². The number of esters is 4. The monoisotopic (exact) mass is 436 g/mol. The second-order valence-electron chi connectivity index (χ2n) is 7.66. The SMILES string of the molecule is Cc1ccc(C2=C(c3ccc(C4=C(c5ccccc5)C(=O)OC4=O)cc3)C(=O)OC2=O)cc1. The zero-order chi connectivity index (χ0) is 23.1. The molecule has 0 amide bonds. The summed E-state index contributed by atoms with van der Waals surface area (Å²) in [6, 6.07) is 22.5. The first-order chi connectivity index (χ1) is 15.9. The van der Waals surface area contributed by atoms with Crippen molar-refractivity contribution in [3.05, 3.63) is 107 Å². The molecule has 0 fully saturated rings. The molecule has 0 spiro atoms. The first kappa shape index (κ1) is 20.3. The molecule has 33 heavy (non-hydrogen) atoms. The fourth-order valence-electron chi connectivity index (χ4n) is 3.96. The third-order valence-electron chi connectivity index (χ3n) is 5.55. The van der Waals surface area contributed by atoms with Gasteiger partial charge in [0, 0.05) is 0 Å². The third kappa shape index (κ3) is 3.47. The van der Waals surface area contributed by atoms with Gasteiger partial charge in [-0.25, -0.2) is 19.2 Å². The Morgan fingerprint density at radius 2 is 0.727 bits per heavy atom. The van der Waals surface area contributed by atoms with Gasteiger partial charge in [-0.1, -0.05) is 84.4 Å². The zero-order valence-electron chi connectivity index (χ0n) is 17.5. The Labute approximate surface area is 188 Å². The zero-order valence-corrected chi connectivity index (χ0v) is 17.5. The molecule has 6 heteroatoms. The maximum Gasteiger partial charge on any atom is 0.347 e. The lowest BCUT2D eigenvalue weighted by Crippen LogP contribution is -2.02. The first-order valence-electron chi connectivity index (χ1n) is 10.2. The molecule has 0 bridgehead atoms. The van der Waals surface area contributed by atoms with Crippen molar-refractivity contribution < 1.29 is 28.7 Å². The van der Waals surface area contributed by atoms with E-state index in [2.05, 4.69) is 0 Å². The minimum absolute atomic E-state index is 0.149. The number of hydrogen-bond acceptors (Lipinski definition) is 6. The van der Waals surface area contributed by atoms with Gasteiger partial charge in [-0.05, 0) is 29.2 Å². The highest BCUT2D eigenvalue weighted by Gasteiger charge is 2.36. The van der Waals surface area contributed by atoms with Crippen LogP contribution in [0.15, 0.2) is 78.9 Å². The van der Waals surface area contributed by atoms with Crippen molar-refractivity contribution in [3.8, 4) is 0 Å². The van der Waals surface area contributed by atoms with Crippen LogP contribution in [-0.4, -0.2) is 23.9 Å². The topological polar surface area (TPSA) is 86.7 Å². The normalized spacial score (nSPS) is 15.9. The highest BCUT2D eigenvalue weighted by molar-refractivity contribution is 6.46. The summed E-state index contributed by atoms with van der Waals surface area (Å²) >= 11 is 0. The molecule has 160 valence electrons. The predicted octanol–water partition coefficient (Wildman–Crippen LogP) is 3.98. The van der Waals surface area contributed by atoms with E-state index in [0.717, 1.165) is 5.56 Å². The van der Waals surface area contributed by atoms with Crippen LogP contribution < -0.4 is 0 Å². The number of ether oxygens (including phenoxy) is 2. The van der Waals surface area contributed by atoms with Crippen LogP contribution in [0.2, 0.25) is 0 Å². The van der Waals surface area contributed by atoms with E-state index in [1.54, 1.807) is 60.7 Å². The van der Waals surface area contributed by atoms with Crippen LogP contribution in [-0.2, 0) is 28.7 Å². The number of cyclic esters (lactones) is 4. The molecule has 6 nitrogen and oxygen atoms in total.